The van der Waals surface area contributed by atoms with Crippen molar-refractivity contribution in [2.45, 2.75) is 19.9 Å². The van der Waals surface area contributed by atoms with Crippen molar-refractivity contribution >= 4 is 0 Å². The van der Waals surface area contributed by atoms with E-state index in [0.717, 1.165) is 28.0 Å². The van der Waals surface area contributed by atoms with Crippen LogP contribution in [0.15, 0.2) is 36.4 Å². The molecule has 0 fully saturated rings. The molecule has 2 aromatic rings. The fourth-order valence-electron chi connectivity index (χ4n) is 2.68. The van der Waals surface area contributed by atoms with E-state index in [2.05, 4.69) is 17.4 Å². The van der Waals surface area contributed by atoms with Gasteiger partial charge in [-0.25, -0.2) is 4.39 Å². The first-order chi connectivity index (χ1) is 9.56. The van der Waals surface area contributed by atoms with E-state index in [4.69, 9.17) is 4.74 Å². The van der Waals surface area contributed by atoms with Crippen molar-refractivity contribution < 1.29 is 9.13 Å². The van der Waals surface area contributed by atoms with Gasteiger partial charge in [-0.1, -0.05) is 24.3 Å². The molecule has 2 aromatic carbocycles. The van der Waals surface area contributed by atoms with Crippen LogP contribution in [0.3, 0.4) is 0 Å². The first kappa shape index (κ1) is 14.5. The summed E-state index contributed by atoms with van der Waals surface area (Å²) in [6, 6.07) is 10.8. The van der Waals surface area contributed by atoms with E-state index >= 15 is 0 Å². The lowest BCUT2D eigenvalue weighted by molar-refractivity contribution is 0.408. The number of aryl methyl sites for hydroxylation is 2. The molecular weight excluding hydrogens is 253 g/mol. The summed E-state index contributed by atoms with van der Waals surface area (Å²) in [4.78, 5) is 0. The number of hydrogen-bond acceptors (Lipinski definition) is 2. The maximum Gasteiger partial charge on any atom is 0.124 e. The number of ether oxygens (including phenoxy) is 1. The van der Waals surface area contributed by atoms with Crippen LogP contribution in [-0.4, -0.2) is 14.2 Å². The first-order valence-electron chi connectivity index (χ1n) is 6.64. The minimum atomic E-state index is -0.218. The molecule has 0 aromatic heterocycles. The molecule has 0 radical (unpaired) electrons. The Morgan fingerprint density at radius 1 is 1.05 bits per heavy atom. The van der Waals surface area contributed by atoms with E-state index < -0.39 is 0 Å². The molecule has 2 rings (SSSR count). The van der Waals surface area contributed by atoms with Crippen LogP contribution in [0, 0.1) is 19.7 Å². The molecule has 0 aliphatic carbocycles. The highest BCUT2D eigenvalue weighted by Crippen LogP contribution is 2.30. The minimum Gasteiger partial charge on any atom is -0.496 e. The molecule has 0 spiro atoms. The molecule has 0 heterocycles. The number of hydrogen-bond donors (Lipinski definition) is 1. The second kappa shape index (κ2) is 6.06. The topological polar surface area (TPSA) is 21.3 Å². The van der Waals surface area contributed by atoms with Crippen LogP contribution >= 0.6 is 0 Å². The monoisotopic (exact) mass is 273 g/mol. The molecule has 1 unspecified atom stereocenters. The molecule has 1 atom stereocenters. The largest absolute Gasteiger partial charge is 0.496 e. The number of rotatable bonds is 4. The highest BCUT2D eigenvalue weighted by atomic mass is 19.1. The molecule has 0 saturated carbocycles. The molecule has 0 aliphatic rings. The van der Waals surface area contributed by atoms with Gasteiger partial charge >= 0.3 is 0 Å². The highest BCUT2D eigenvalue weighted by molar-refractivity contribution is 5.46. The Kier molecular flexibility index (Phi) is 4.40. The predicted octanol–water partition coefficient (Wildman–Crippen LogP) is 3.76. The second-order valence-electron chi connectivity index (χ2n) is 4.96. The average molecular weight is 273 g/mol. The van der Waals surface area contributed by atoms with Crippen molar-refractivity contribution in [3.8, 4) is 5.75 Å². The smallest absolute Gasteiger partial charge is 0.124 e. The Labute approximate surface area is 119 Å². The Bertz CT molecular complexity index is 587. The third-order valence-electron chi connectivity index (χ3n) is 3.49. The van der Waals surface area contributed by atoms with Crippen LogP contribution < -0.4 is 10.1 Å². The molecule has 2 nitrogen and oxygen atoms in total. The van der Waals surface area contributed by atoms with Crippen LogP contribution in [0.5, 0.6) is 5.75 Å². The summed E-state index contributed by atoms with van der Waals surface area (Å²) in [5, 5.41) is 3.25. The molecule has 106 valence electrons. The SMILES string of the molecule is CNC(c1cccc(F)c1)c1cc(C)c(OC)c(C)c1. The standard InChI is InChI=1S/C17H20FNO/c1-11-8-14(9-12(2)17(11)20-4)16(19-3)13-6-5-7-15(18)10-13/h5-10,16,19H,1-4H3. The molecule has 0 aliphatic heterocycles. The van der Waals surface area contributed by atoms with Crippen molar-refractivity contribution in [2.75, 3.05) is 14.2 Å². The van der Waals surface area contributed by atoms with Gasteiger partial charge in [0.1, 0.15) is 11.6 Å². The third-order valence-corrected chi connectivity index (χ3v) is 3.49. The molecule has 0 saturated heterocycles. The molecule has 20 heavy (non-hydrogen) atoms. The zero-order valence-corrected chi connectivity index (χ0v) is 12.3. The number of methoxy groups -OCH3 is 1. The van der Waals surface area contributed by atoms with Crippen molar-refractivity contribution in [1.29, 1.82) is 0 Å². The van der Waals surface area contributed by atoms with E-state index in [1.54, 1.807) is 19.2 Å². The van der Waals surface area contributed by atoms with Crippen LogP contribution in [0.4, 0.5) is 4.39 Å². The summed E-state index contributed by atoms with van der Waals surface area (Å²) in [7, 11) is 3.56. The van der Waals surface area contributed by atoms with Gasteiger partial charge in [0.2, 0.25) is 0 Å². The van der Waals surface area contributed by atoms with Crippen molar-refractivity contribution in [3.63, 3.8) is 0 Å². The summed E-state index contributed by atoms with van der Waals surface area (Å²) >= 11 is 0. The summed E-state index contributed by atoms with van der Waals surface area (Å²) in [5.74, 6) is 0.688. The summed E-state index contributed by atoms with van der Waals surface area (Å²) < 4.78 is 18.8. The van der Waals surface area contributed by atoms with Gasteiger partial charge in [-0.2, -0.15) is 0 Å². The zero-order valence-electron chi connectivity index (χ0n) is 12.3. The predicted molar refractivity (Wildman–Crippen MR) is 79.8 cm³/mol. The fraction of sp³-hybridized carbons (Fsp3) is 0.294. The zero-order chi connectivity index (χ0) is 14.7. The van der Waals surface area contributed by atoms with Gasteiger partial charge in [0.15, 0.2) is 0 Å². The Balaban J connectivity index is 2.47. The summed E-state index contributed by atoms with van der Waals surface area (Å²) in [6.07, 6.45) is 0. The van der Waals surface area contributed by atoms with Crippen LogP contribution in [-0.2, 0) is 0 Å². The number of benzene rings is 2. The minimum absolute atomic E-state index is 0.0333. The van der Waals surface area contributed by atoms with E-state index in [0.29, 0.717) is 0 Å². The van der Waals surface area contributed by atoms with Crippen LogP contribution in [0.25, 0.3) is 0 Å². The van der Waals surface area contributed by atoms with Gasteiger partial charge in [0.05, 0.1) is 13.2 Å². The van der Waals surface area contributed by atoms with Crippen LogP contribution in [0.1, 0.15) is 28.3 Å². The highest BCUT2D eigenvalue weighted by Gasteiger charge is 2.15. The third kappa shape index (κ3) is 2.83. The molecule has 3 heteroatoms. The van der Waals surface area contributed by atoms with Gasteiger partial charge in [-0.05, 0) is 55.3 Å². The summed E-state index contributed by atoms with van der Waals surface area (Å²) in [5.41, 5.74) is 4.18. The Morgan fingerprint density at radius 2 is 1.70 bits per heavy atom. The fourth-order valence-corrected chi connectivity index (χ4v) is 2.68. The Morgan fingerprint density at radius 3 is 2.20 bits per heavy atom. The van der Waals surface area contributed by atoms with Crippen molar-refractivity contribution in [1.82, 2.24) is 5.32 Å². The van der Waals surface area contributed by atoms with Gasteiger partial charge in [0.25, 0.3) is 0 Å². The number of halogens is 1. The van der Waals surface area contributed by atoms with Gasteiger partial charge in [-0.15, -0.1) is 0 Å². The van der Waals surface area contributed by atoms with Crippen LogP contribution in [0.2, 0.25) is 0 Å². The first-order valence-corrected chi connectivity index (χ1v) is 6.64. The molecule has 0 bridgehead atoms. The van der Waals surface area contributed by atoms with Gasteiger partial charge in [0, 0.05) is 0 Å². The van der Waals surface area contributed by atoms with Gasteiger partial charge < -0.3 is 10.1 Å². The maximum absolute atomic E-state index is 13.4. The summed E-state index contributed by atoms with van der Waals surface area (Å²) in [6.45, 7) is 4.04. The van der Waals surface area contributed by atoms with E-state index in [9.17, 15) is 4.39 Å². The van der Waals surface area contributed by atoms with Gasteiger partial charge in [-0.3, -0.25) is 0 Å². The lowest BCUT2D eigenvalue weighted by Gasteiger charge is -2.20. The Hall–Kier alpha value is -1.87. The molecule has 0 amide bonds. The van der Waals surface area contributed by atoms with E-state index in [1.807, 2.05) is 27.0 Å². The van der Waals surface area contributed by atoms with Crippen molar-refractivity contribution in [2.24, 2.45) is 0 Å². The lowest BCUT2D eigenvalue weighted by Crippen LogP contribution is -2.18. The van der Waals surface area contributed by atoms with E-state index in [1.165, 1.54) is 6.07 Å². The van der Waals surface area contributed by atoms with Crippen molar-refractivity contribution in [3.05, 3.63) is 64.5 Å². The average Bonchev–Trinajstić information content (AvgIpc) is 2.39. The quantitative estimate of drug-likeness (QED) is 0.915. The number of nitrogens with one attached hydrogen (secondary N) is 1. The lowest BCUT2D eigenvalue weighted by atomic mass is 9.95. The van der Waals surface area contributed by atoms with E-state index in [-0.39, 0.29) is 11.9 Å². The molecular formula is C17H20FNO. The maximum atomic E-state index is 13.4. The second-order valence-corrected chi connectivity index (χ2v) is 4.96. The normalized spacial score (nSPS) is 12.2. The molecule has 1 N–H and O–H groups in total.